The van der Waals surface area contributed by atoms with Gasteiger partial charge in [-0.1, -0.05) is 106 Å². The number of methoxy groups -OCH3 is 1. The van der Waals surface area contributed by atoms with Crippen LogP contribution in [-0.4, -0.2) is 162 Å². The fourth-order valence-corrected chi connectivity index (χ4v) is 7.58. The van der Waals surface area contributed by atoms with Gasteiger partial charge in [-0.2, -0.15) is 0 Å². The molecule has 2 fully saturated rings. The predicted molar refractivity (Wildman–Crippen MR) is 242 cm³/mol. The lowest BCUT2D eigenvalue weighted by Crippen LogP contribution is -2.61. The highest BCUT2D eigenvalue weighted by atomic mass is 16.7. The van der Waals surface area contributed by atoms with E-state index in [0.717, 1.165) is 0 Å². The number of ether oxygens (including phenoxy) is 4. The second-order valence-electron chi connectivity index (χ2n) is 17.5. The number of aliphatic hydroxyl groups is 10. The van der Waals surface area contributed by atoms with Gasteiger partial charge in [-0.05, 0) is 39.5 Å². The molecule has 366 valence electrons. The summed E-state index contributed by atoms with van der Waals surface area (Å²) >= 11 is 0. The topological polar surface area (TPSA) is 282 Å². The van der Waals surface area contributed by atoms with E-state index >= 15 is 0 Å². The lowest BCUT2D eigenvalue weighted by Gasteiger charge is -2.46. The molecule has 0 aromatic heterocycles. The molecule has 19 atom stereocenters. The van der Waals surface area contributed by atoms with Crippen LogP contribution in [0.4, 0.5) is 0 Å². The van der Waals surface area contributed by atoms with Crippen molar-refractivity contribution in [1.82, 2.24) is 0 Å². The average Bonchev–Trinajstić information content (AvgIpc) is 3.24. The van der Waals surface area contributed by atoms with Gasteiger partial charge in [0.2, 0.25) is 0 Å². The highest BCUT2D eigenvalue weighted by Crippen LogP contribution is 2.37. The Morgan fingerprint density at radius 1 is 0.750 bits per heavy atom. The Bertz CT molecular complexity index is 1520. The number of hydrogen-bond acceptors (Lipinski definition) is 16. The minimum atomic E-state index is -2.07. The van der Waals surface area contributed by atoms with Crippen molar-refractivity contribution in [1.29, 1.82) is 0 Å². The number of carbonyl (C=O) groups excluding carboxylic acids is 1. The van der Waals surface area contributed by atoms with Crippen molar-refractivity contribution in [3.63, 3.8) is 0 Å². The third-order valence-electron chi connectivity index (χ3n) is 12.1. The molecule has 64 heavy (non-hydrogen) atoms. The van der Waals surface area contributed by atoms with E-state index in [0.29, 0.717) is 6.29 Å². The largest absolute Gasteiger partial charge is 0.393 e. The first-order valence-corrected chi connectivity index (χ1v) is 22.5. The van der Waals surface area contributed by atoms with Crippen LogP contribution >= 0.6 is 0 Å². The van der Waals surface area contributed by atoms with Crippen LogP contribution in [0.25, 0.3) is 0 Å². The summed E-state index contributed by atoms with van der Waals surface area (Å²) < 4.78 is 23.4. The number of rotatable bonds is 28. The fraction of sp³-hybridized carbons (Fsp3) is 0.688. The molecule has 2 saturated heterocycles. The minimum Gasteiger partial charge on any atom is -0.393 e. The second-order valence-corrected chi connectivity index (χ2v) is 17.5. The molecule has 12 N–H and O–H groups in total. The van der Waals surface area contributed by atoms with Crippen LogP contribution in [0, 0.1) is 17.8 Å². The van der Waals surface area contributed by atoms with Crippen molar-refractivity contribution in [3.8, 4) is 0 Å². The average molecular weight is 910 g/mol. The van der Waals surface area contributed by atoms with E-state index < -0.39 is 104 Å². The molecule has 16 nitrogen and oxygen atoms in total. The van der Waals surface area contributed by atoms with Gasteiger partial charge in [-0.15, -0.1) is 0 Å². The molecule has 0 aliphatic carbocycles. The highest BCUT2D eigenvalue weighted by Gasteiger charge is 2.47. The molecule has 0 radical (unpaired) electrons. The Balaban J connectivity index is 2.06. The van der Waals surface area contributed by atoms with Gasteiger partial charge < -0.3 is 80.5 Å². The standard InChI is InChI=1S/C48H79NO15/c1-30(44(57)31(2)33(4)61-6)19-17-15-13-11-9-7-8-10-12-14-16-18-20-38(63-47-46(59)43(49)45(58)34(5)62-47)27-42-32(3)40(55)28-48(60,64-42)29-41(56)39(54)22-21-35(51)25-37(53)26-36(52)23-24-50/h7-20,24,30-47,51-60H,21-23,25-29,49H2,1-6H3/b8-7+,11-9+,12-10+,15-13+,16-14+,19-17+,20-18+. The molecule has 0 bridgehead atoms. The highest BCUT2D eigenvalue weighted by molar-refractivity contribution is 5.50. The minimum absolute atomic E-state index is 0.00379. The van der Waals surface area contributed by atoms with E-state index in [9.17, 15) is 55.9 Å². The molecule has 19 unspecified atom stereocenters. The van der Waals surface area contributed by atoms with Crippen molar-refractivity contribution < 1.29 is 74.8 Å². The summed E-state index contributed by atoms with van der Waals surface area (Å²) in [6, 6.07) is -1.05. The zero-order valence-corrected chi connectivity index (χ0v) is 38.3. The van der Waals surface area contributed by atoms with Crippen LogP contribution in [0.3, 0.4) is 0 Å². The quantitative estimate of drug-likeness (QED) is 0.0395. The van der Waals surface area contributed by atoms with Crippen LogP contribution in [0.2, 0.25) is 0 Å². The second kappa shape index (κ2) is 29.8. The Hall–Kier alpha value is -2.75. The van der Waals surface area contributed by atoms with Crippen LogP contribution in [0.15, 0.2) is 85.1 Å². The van der Waals surface area contributed by atoms with Crippen LogP contribution in [0.5, 0.6) is 0 Å². The third-order valence-corrected chi connectivity index (χ3v) is 12.1. The number of aldehydes is 1. The Labute approximate surface area is 379 Å². The van der Waals surface area contributed by atoms with Crippen molar-refractivity contribution in [3.05, 3.63) is 85.1 Å². The zero-order valence-electron chi connectivity index (χ0n) is 38.3. The van der Waals surface area contributed by atoms with E-state index in [2.05, 4.69) is 0 Å². The van der Waals surface area contributed by atoms with Crippen LogP contribution < -0.4 is 5.73 Å². The fourth-order valence-electron chi connectivity index (χ4n) is 7.58. The van der Waals surface area contributed by atoms with Gasteiger partial charge >= 0.3 is 0 Å². The summed E-state index contributed by atoms with van der Waals surface area (Å²) in [6.07, 6.45) is 11.1. The molecule has 0 saturated carbocycles. The summed E-state index contributed by atoms with van der Waals surface area (Å²) in [5.41, 5.74) is 6.06. The molecule has 0 amide bonds. The third kappa shape index (κ3) is 20.4. The first kappa shape index (κ1) is 57.4. The van der Waals surface area contributed by atoms with Gasteiger partial charge in [0.25, 0.3) is 0 Å². The maximum absolute atomic E-state index is 11.5. The lowest BCUT2D eigenvalue weighted by molar-refractivity contribution is -0.310. The van der Waals surface area contributed by atoms with Gasteiger partial charge in [0, 0.05) is 50.5 Å². The first-order valence-electron chi connectivity index (χ1n) is 22.5. The number of aliphatic hydroxyl groups excluding tert-OH is 9. The van der Waals surface area contributed by atoms with E-state index in [-0.39, 0.29) is 62.9 Å². The van der Waals surface area contributed by atoms with E-state index in [1.807, 2.05) is 81.5 Å². The molecule has 2 aliphatic heterocycles. The molecule has 16 heteroatoms. The summed E-state index contributed by atoms with van der Waals surface area (Å²) in [6.45, 7) is 9.21. The van der Waals surface area contributed by atoms with Crippen LogP contribution in [-0.2, 0) is 23.7 Å². The first-order chi connectivity index (χ1) is 30.2. The maximum Gasteiger partial charge on any atom is 0.186 e. The molecule has 0 aromatic rings. The molecule has 2 aliphatic rings. The van der Waals surface area contributed by atoms with E-state index in [4.69, 9.17) is 24.7 Å². The summed E-state index contributed by atoms with van der Waals surface area (Å²) in [4.78, 5) is 10.6. The SMILES string of the molecule is COC(C)C(C)C(O)C(C)/C=C/C=C/C=C/C=C/C=C/C=C/C=C/C(CC1OC(O)(CC(O)C(O)CCC(O)CC(O)CC(O)CC=O)CC(O)C1C)OC1OC(C)C(O)C(N)C1O. The summed E-state index contributed by atoms with van der Waals surface area (Å²) in [5.74, 6) is -2.61. The van der Waals surface area contributed by atoms with Gasteiger partial charge in [0.1, 0.15) is 12.4 Å². The summed E-state index contributed by atoms with van der Waals surface area (Å²) in [5, 5.41) is 106. The summed E-state index contributed by atoms with van der Waals surface area (Å²) in [7, 11) is 1.64. The monoisotopic (exact) mass is 910 g/mol. The van der Waals surface area contributed by atoms with Gasteiger partial charge in [-0.3, -0.25) is 0 Å². The number of carbonyl (C=O) groups is 1. The number of allylic oxidation sites excluding steroid dienone is 12. The van der Waals surface area contributed by atoms with Gasteiger partial charge in [0.05, 0.1) is 79.3 Å². The van der Waals surface area contributed by atoms with Gasteiger partial charge in [-0.25, -0.2) is 0 Å². The Morgan fingerprint density at radius 3 is 1.86 bits per heavy atom. The van der Waals surface area contributed by atoms with Crippen molar-refractivity contribution in [2.45, 2.75) is 183 Å². The smallest absolute Gasteiger partial charge is 0.186 e. The number of nitrogens with two attached hydrogens (primary N) is 1. The molecular formula is C48H79NO15. The van der Waals surface area contributed by atoms with Crippen molar-refractivity contribution in [2.24, 2.45) is 23.5 Å². The van der Waals surface area contributed by atoms with E-state index in [1.165, 1.54) is 0 Å². The van der Waals surface area contributed by atoms with Crippen LogP contribution in [0.1, 0.15) is 86.0 Å². The zero-order chi connectivity index (χ0) is 48.0. The number of hydrogen-bond donors (Lipinski definition) is 11. The normalized spacial score (nSPS) is 32.2. The molecule has 0 spiro atoms. The van der Waals surface area contributed by atoms with Crippen molar-refractivity contribution in [2.75, 3.05) is 7.11 Å². The maximum atomic E-state index is 11.5. The van der Waals surface area contributed by atoms with E-state index in [1.54, 1.807) is 45.3 Å². The van der Waals surface area contributed by atoms with Crippen molar-refractivity contribution >= 4 is 6.29 Å². The molecule has 0 aromatic carbocycles. The Kier molecular flexibility index (Phi) is 26.7. The molecular weight excluding hydrogens is 831 g/mol. The predicted octanol–water partition coefficient (Wildman–Crippen LogP) is 1.94. The molecule has 2 heterocycles. The molecule has 2 rings (SSSR count). The van der Waals surface area contributed by atoms with Gasteiger partial charge in [0.15, 0.2) is 12.1 Å². The Morgan fingerprint density at radius 2 is 1.30 bits per heavy atom. The lowest BCUT2D eigenvalue weighted by atomic mass is 9.83.